The van der Waals surface area contributed by atoms with Crippen LogP contribution in [0.2, 0.25) is 0 Å². The molecule has 1 atom stereocenters. The fraction of sp³-hybridized carbons (Fsp3) is 0.188. The normalized spacial score (nSPS) is 20.0. The number of aromatic amines is 1. The zero-order valence-corrected chi connectivity index (χ0v) is 10.9. The van der Waals surface area contributed by atoms with Gasteiger partial charge in [-0.2, -0.15) is 0 Å². The number of aromatic nitrogens is 1. The van der Waals surface area contributed by atoms with E-state index in [1.54, 1.807) is 0 Å². The first-order valence-electron chi connectivity index (χ1n) is 6.52. The molecule has 0 aliphatic heterocycles. The van der Waals surface area contributed by atoms with Gasteiger partial charge in [0.05, 0.1) is 18.0 Å². The van der Waals surface area contributed by atoms with Gasteiger partial charge in [-0.15, -0.1) is 0 Å². The Morgan fingerprint density at radius 2 is 2.25 bits per heavy atom. The first-order valence-corrected chi connectivity index (χ1v) is 6.52. The lowest BCUT2D eigenvalue weighted by molar-refractivity contribution is 0.0883. The molecule has 0 saturated heterocycles. The van der Waals surface area contributed by atoms with Gasteiger partial charge in [-0.3, -0.25) is 4.79 Å². The van der Waals surface area contributed by atoms with E-state index in [1.165, 1.54) is 7.11 Å². The number of Topliss-reactive ketones (excluding diaryl/α,β-unsaturated/α-hetero) is 1. The standard InChI is InChI=1S/C16H13NO3/c1-20-16-13(19)7-12(18)14-10-5-8-3-2-4-9(8)6-11(10)17-15(14)16/h2-6,13,17,19H,7H2,1H3/t13-/m0/s1. The third kappa shape index (κ3) is 1.37. The van der Waals surface area contributed by atoms with Gasteiger partial charge in [-0.25, -0.2) is 0 Å². The predicted molar refractivity (Wildman–Crippen MR) is 76.4 cm³/mol. The van der Waals surface area contributed by atoms with Crippen LogP contribution < -0.4 is 10.6 Å². The van der Waals surface area contributed by atoms with Crippen LogP contribution in [0.1, 0.15) is 22.3 Å². The van der Waals surface area contributed by atoms with Crippen molar-refractivity contribution in [2.75, 3.05) is 7.11 Å². The van der Waals surface area contributed by atoms with E-state index in [-0.39, 0.29) is 12.2 Å². The highest BCUT2D eigenvalue weighted by molar-refractivity contribution is 6.10. The van der Waals surface area contributed by atoms with E-state index in [0.717, 1.165) is 21.7 Å². The molecule has 2 aliphatic carbocycles. The Kier molecular flexibility index (Phi) is 2.20. The fourth-order valence-electron chi connectivity index (χ4n) is 3.07. The van der Waals surface area contributed by atoms with Gasteiger partial charge in [0, 0.05) is 17.3 Å². The number of fused-ring (bicyclic) bond motifs is 4. The Hall–Kier alpha value is -2.33. The van der Waals surface area contributed by atoms with Crippen molar-refractivity contribution in [3.8, 4) is 0 Å². The molecule has 0 radical (unpaired) electrons. The minimum atomic E-state index is -0.869. The number of benzene rings is 1. The van der Waals surface area contributed by atoms with Crippen molar-refractivity contribution in [3.05, 3.63) is 39.9 Å². The van der Waals surface area contributed by atoms with E-state index in [4.69, 9.17) is 4.74 Å². The summed E-state index contributed by atoms with van der Waals surface area (Å²) in [5.41, 5.74) is 2.63. The number of H-pyrrole nitrogens is 1. The summed E-state index contributed by atoms with van der Waals surface area (Å²) in [4.78, 5) is 15.5. The summed E-state index contributed by atoms with van der Waals surface area (Å²) in [7, 11) is 1.51. The van der Waals surface area contributed by atoms with Crippen LogP contribution in [0.25, 0.3) is 28.8 Å². The molecule has 0 spiro atoms. The van der Waals surface area contributed by atoms with Crippen LogP contribution in [0, 0.1) is 0 Å². The van der Waals surface area contributed by atoms with E-state index in [2.05, 4.69) is 4.98 Å². The number of rotatable bonds is 1. The van der Waals surface area contributed by atoms with Crippen molar-refractivity contribution >= 4 is 34.6 Å². The Morgan fingerprint density at radius 1 is 1.40 bits per heavy atom. The molecular formula is C16H13NO3. The lowest BCUT2D eigenvalue weighted by Gasteiger charge is -2.17. The lowest BCUT2D eigenvalue weighted by atomic mass is 9.96. The smallest absolute Gasteiger partial charge is 0.168 e. The predicted octanol–water partition coefficient (Wildman–Crippen LogP) is 0.677. The van der Waals surface area contributed by atoms with Gasteiger partial charge >= 0.3 is 0 Å². The molecule has 4 rings (SSSR count). The number of aliphatic hydroxyl groups excluding tert-OH is 1. The van der Waals surface area contributed by atoms with E-state index in [9.17, 15) is 9.90 Å². The highest BCUT2D eigenvalue weighted by atomic mass is 16.5. The summed E-state index contributed by atoms with van der Waals surface area (Å²) >= 11 is 0. The summed E-state index contributed by atoms with van der Waals surface area (Å²) in [6.07, 6.45) is 5.26. The number of hydrogen-bond donors (Lipinski definition) is 2. The number of ketones is 1. The number of carbonyl (C=O) groups is 1. The van der Waals surface area contributed by atoms with Crippen molar-refractivity contribution in [3.63, 3.8) is 0 Å². The monoisotopic (exact) mass is 267 g/mol. The number of nitrogens with one attached hydrogen (secondary N) is 1. The molecule has 2 aromatic rings. The SMILES string of the molecule is COC1=c2[nH]c3cc4c(cc3c2C(=O)C[C@@H]1O)C=CC=4. The zero-order chi connectivity index (χ0) is 13.9. The zero-order valence-electron chi connectivity index (χ0n) is 10.9. The topological polar surface area (TPSA) is 62.3 Å². The number of allylic oxidation sites excluding steroid dienone is 1. The van der Waals surface area contributed by atoms with Crippen molar-refractivity contribution in [1.82, 2.24) is 4.98 Å². The number of carbonyl (C=O) groups excluding carboxylic acids is 1. The molecule has 1 heterocycles. The number of hydrogen-bond acceptors (Lipinski definition) is 3. The Labute approximate surface area is 114 Å². The maximum Gasteiger partial charge on any atom is 0.168 e. The molecule has 4 heteroatoms. The van der Waals surface area contributed by atoms with Crippen molar-refractivity contribution in [2.24, 2.45) is 0 Å². The lowest BCUT2D eigenvalue weighted by Crippen LogP contribution is -2.32. The van der Waals surface area contributed by atoms with Gasteiger partial charge in [0.25, 0.3) is 0 Å². The van der Waals surface area contributed by atoms with Gasteiger partial charge in [0.1, 0.15) is 11.9 Å². The summed E-state index contributed by atoms with van der Waals surface area (Å²) in [6.45, 7) is 0. The highest BCUT2D eigenvalue weighted by Crippen LogP contribution is 2.24. The second kappa shape index (κ2) is 3.84. The summed E-state index contributed by atoms with van der Waals surface area (Å²) in [6, 6.07) is 4.04. The molecule has 0 amide bonds. The minimum Gasteiger partial charge on any atom is -0.496 e. The minimum absolute atomic E-state index is 0.0505. The molecule has 0 saturated carbocycles. The van der Waals surface area contributed by atoms with Crippen LogP contribution in [0.15, 0.2) is 18.2 Å². The molecule has 1 aromatic carbocycles. The van der Waals surface area contributed by atoms with E-state index >= 15 is 0 Å². The largest absolute Gasteiger partial charge is 0.496 e. The van der Waals surface area contributed by atoms with Gasteiger partial charge in [-0.1, -0.05) is 18.2 Å². The third-order valence-electron chi connectivity index (χ3n) is 3.98. The number of ether oxygens (including phenoxy) is 1. The Balaban J connectivity index is 2.18. The van der Waals surface area contributed by atoms with Crippen molar-refractivity contribution < 1.29 is 14.6 Å². The first-order chi connectivity index (χ1) is 9.69. The van der Waals surface area contributed by atoms with Crippen molar-refractivity contribution in [1.29, 1.82) is 0 Å². The highest BCUT2D eigenvalue weighted by Gasteiger charge is 2.29. The second-order valence-electron chi connectivity index (χ2n) is 5.14. The molecule has 0 fully saturated rings. The molecular weight excluding hydrogens is 254 g/mol. The quantitative estimate of drug-likeness (QED) is 0.798. The summed E-state index contributed by atoms with van der Waals surface area (Å²) in [5, 5.41) is 12.6. The average molecular weight is 267 g/mol. The van der Waals surface area contributed by atoms with Gasteiger partial charge < -0.3 is 14.8 Å². The first kappa shape index (κ1) is 11.5. The van der Waals surface area contributed by atoms with Crippen molar-refractivity contribution in [2.45, 2.75) is 12.5 Å². The molecule has 2 N–H and O–H groups in total. The molecule has 1 aromatic heterocycles. The molecule has 100 valence electrons. The van der Waals surface area contributed by atoms with Crippen LogP contribution in [-0.2, 0) is 4.74 Å². The van der Waals surface area contributed by atoms with Gasteiger partial charge in [0.15, 0.2) is 5.78 Å². The van der Waals surface area contributed by atoms with Gasteiger partial charge in [0.2, 0.25) is 0 Å². The fourth-order valence-corrected chi connectivity index (χ4v) is 3.07. The van der Waals surface area contributed by atoms with E-state index < -0.39 is 6.10 Å². The summed E-state index contributed by atoms with van der Waals surface area (Å²) < 4.78 is 5.27. The van der Waals surface area contributed by atoms with E-state index in [0.29, 0.717) is 16.7 Å². The molecule has 0 unspecified atom stereocenters. The molecule has 2 aliphatic rings. The van der Waals surface area contributed by atoms with Crippen LogP contribution in [0.4, 0.5) is 0 Å². The second-order valence-corrected chi connectivity index (χ2v) is 5.14. The summed E-state index contributed by atoms with van der Waals surface area (Å²) in [5.74, 6) is 0.390. The molecule has 4 nitrogen and oxygen atoms in total. The molecule has 20 heavy (non-hydrogen) atoms. The van der Waals surface area contributed by atoms with Crippen LogP contribution in [0.5, 0.6) is 0 Å². The maximum atomic E-state index is 12.3. The van der Waals surface area contributed by atoms with Crippen LogP contribution in [-0.4, -0.2) is 29.1 Å². The van der Waals surface area contributed by atoms with Crippen LogP contribution >= 0.6 is 0 Å². The Bertz CT molecular complexity index is 902. The van der Waals surface area contributed by atoms with Crippen LogP contribution in [0.3, 0.4) is 0 Å². The van der Waals surface area contributed by atoms with Gasteiger partial charge in [-0.05, 0) is 22.9 Å². The Morgan fingerprint density at radius 3 is 3.05 bits per heavy atom. The third-order valence-corrected chi connectivity index (χ3v) is 3.98. The number of aliphatic hydroxyl groups is 1. The van der Waals surface area contributed by atoms with E-state index in [1.807, 2.05) is 30.4 Å². The number of methoxy groups -OCH3 is 1. The molecule has 0 bridgehead atoms. The maximum absolute atomic E-state index is 12.3. The average Bonchev–Trinajstić information content (AvgIpc) is 2.99.